The highest BCUT2D eigenvalue weighted by molar-refractivity contribution is 5.99. The summed E-state index contributed by atoms with van der Waals surface area (Å²) in [6, 6.07) is 9.18. The van der Waals surface area contributed by atoms with Gasteiger partial charge in [-0.15, -0.1) is 0 Å². The van der Waals surface area contributed by atoms with Crippen molar-refractivity contribution in [2.24, 2.45) is 0 Å². The highest BCUT2D eigenvalue weighted by Gasteiger charge is 2.16. The van der Waals surface area contributed by atoms with Gasteiger partial charge in [0.1, 0.15) is 5.75 Å². The van der Waals surface area contributed by atoms with E-state index in [4.69, 9.17) is 10.4 Å². The summed E-state index contributed by atoms with van der Waals surface area (Å²) in [5, 5.41) is 26.5. The van der Waals surface area contributed by atoms with Crippen LogP contribution in [0.4, 0.5) is 0 Å². The molecule has 26 heavy (non-hydrogen) atoms. The van der Waals surface area contributed by atoms with E-state index in [2.05, 4.69) is 10.2 Å². The molecule has 0 spiro atoms. The van der Waals surface area contributed by atoms with Gasteiger partial charge in [0.05, 0.1) is 29.3 Å². The second-order valence-corrected chi connectivity index (χ2v) is 6.31. The summed E-state index contributed by atoms with van der Waals surface area (Å²) in [4.78, 5) is 4.80. The second kappa shape index (κ2) is 5.80. The molecule has 130 valence electrons. The molecule has 0 radical (unpaired) electrons. The van der Waals surface area contributed by atoms with E-state index in [0.29, 0.717) is 11.5 Å². The third-order valence-corrected chi connectivity index (χ3v) is 4.27. The first kappa shape index (κ1) is 16.0. The van der Waals surface area contributed by atoms with Crippen LogP contribution in [-0.2, 0) is 0 Å². The Kier molecular flexibility index (Phi) is 3.57. The number of aryl methyl sites for hydroxylation is 2. The summed E-state index contributed by atoms with van der Waals surface area (Å²) >= 11 is 0. The number of aromatic nitrogens is 5. The molecule has 4 rings (SSSR count). The van der Waals surface area contributed by atoms with E-state index in [-0.39, 0.29) is 5.75 Å². The molecule has 2 N–H and O–H groups in total. The Balaban J connectivity index is 1.94. The Morgan fingerprint density at radius 3 is 2.65 bits per heavy atom. The van der Waals surface area contributed by atoms with Gasteiger partial charge in [-0.05, 0) is 51.1 Å². The minimum Gasteiger partial charge on any atom is -0.506 e. The molecule has 4 heterocycles. The molecule has 4 aromatic heterocycles. The fourth-order valence-electron chi connectivity index (χ4n) is 3.07. The van der Waals surface area contributed by atoms with Crippen molar-refractivity contribution >= 4 is 11.2 Å². The third kappa shape index (κ3) is 2.54. The van der Waals surface area contributed by atoms with Gasteiger partial charge in [-0.25, -0.2) is 14.2 Å². The van der Waals surface area contributed by atoms with E-state index >= 15 is 0 Å². The van der Waals surface area contributed by atoms with Crippen LogP contribution in [0.5, 0.6) is 5.75 Å². The molecule has 0 aromatic carbocycles. The molecule has 4 aromatic rings. The van der Waals surface area contributed by atoms with Crippen molar-refractivity contribution < 1.29 is 5.11 Å². The lowest BCUT2D eigenvalue weighted by atomic mass is 10.1. The van der Waals surface area contributed by atoms with Gasteiger partial charge < -0.3 is 10.5 Å². The van der Waals surface area contributed by atoms with E-state index in [1.165, 1.54) is 0 Å². The zero-order valence-corrected chi connectivity index (χ0v) is 14.7. The summed E-state index contributed by atoms with van der Waals surface area (Å²) in [5.74, 6) is 0.775. The van der Waals surface area contributed by atoms with Crippen LogP contribution < -0.4 is 0 Å². The van der Waals surface area contributed by atoms with Crippen molar-refractivity contribution in [2.75, 3.05) is 0 Å². The average molecular weight is 346 g/mol. The summed E-state index contributed by atoms with van der Waals surface area (Å²) in [7, 11) is 0. The standard InChI is InChI=1S/C19H18N6O/c1-11-8-12(2)25(23-11)19-15(13(3)20)5-6-17(22-19)16-9-21-24-10-14(26)4-7-18(16)24/h4-10,20,26H,1-3H3. The highest BCUT2D eigenvalue weighted by atomic mass is 16.3. The molecule has 0 bridgehead atoms. The molecule has 0 saturated heterocycles. The van der Waals surface area contributed by atoms with E-state index in [1.54, 1.807) is 40.6 Å². The smallest absolute Gasteiger partial charge is 0.163 e. The first-order chi connectivity index (χ1) is 12.4. The zero-order valence-electron chi connectivity index (χ0n) is 14.7. The molecule has 0 atom stereocenters. The van der Waals surface area contributed by atoms with E-state index < -0.39 is 0 Å². The van der Waals surface area contributed by atoms with Crippen LogP contribution in [0.15, 0.2) is 42.7 Å². The summed E-state index contributed by atoms with van der Waals surface area (Å²) in [5.41, 5.74) is 5.44. The van der Waals surface area contributed by atoms with E-state index in [1.807, 2.05) is 32.0 Å². The largest absolute Gasteiger partial charge is 0.506 e. The maximum Gasteiger partial charge on any atom is 0.163 e. The van der Waals surface area contributed by atoms with Crippen molar-refractivity contribution in [2.45, 2.75) is 20.8 Å². The number of rotatable bonds is 3. The highest BCUT2D eigenvalue weighted by Crippen LogP contribution is 2.27. The maximum absolute atomic E-state index is 9.62. The van der Waals surface area contributed by atoms with Gasteiger partial charge in [-0.1, -0.05) is 0 Å². The van der Waals surface area contributed by atoms with Crippen LogP contribution in [0.2, 0.25) is 0 Å². The van der Waals surface area contributed by atoms with Gasteiger partial charge in [-0.3, -0.25) is 0 Å². The second-order valence-electron chi connectivity index (χ2n) is 6.31. The first-order valence-electron chi connectivity index (χ1n) is 8.21. The van der Waals surface area contributed by atoms with Crippen LogP contribution in [0, 0.1) is 19.3 Å². The van der Waals surface area contributed by atoms with Gasteiger partial charge >= 0.3 is 0 Å². The van der Waals surface area contributed by atoms with Gasteiger partial charge in [0.2, 0.25) is 0 Å². The first-order valence-corrected chi connectivity index (χ1v) is 8.21. The molecule has 0 fully saturated rings. The lowest BCUT2D eigenvalue weighted by molar-refractivity contribution is 0.470. The van der Waals surface area contributed by atoms with Gasteiger partial charge in [0.25, 0.3) is 0 Å². The Labute approximate surface area is 150 Å². The van der Waals surface area contributed by atoms with Crippen molar-refractivity contribution in [3.05, 3.63) is 59.7 Å². The minimum atomic E-state index is 0.151. The quantitative estimate of drug-likeness (QED) is 0.557. The molecule has 7 heteroatoms. The normalized spacial score (nSPS) is 11.2. The lowest BCUT2D eigenvalue weighted by Crippen LogP contribution is -2.09. The molecular weight excluding hydrogens is 328 g/mol. The fraction of sp³-hybridized carbons (Fsp3) is 0.158. The molecule has 0 aliphatic heterocycles. The summed E-state index contributed by atoms with van der Waals surface area (Å²) in [6.07, 6.45) is 3.27. The minimum absolute atomic E-state index is 0.151. The molecule has 0 aliphatic rings. The molecule has 0 unspecified atom stereocenters. The van der Waals surface area contributed by atoms with Gasteiger partial charge in [0, 0.05) is 22.5 Å². The number of pyridine rings is 2. The number of aromatic hydroxyl groups is 1. The van der Waals surface area contributed by atoms with Crippen LogP contribution in [0.25, 0.3) is 22.6 Å². The van der Waals surface area contributed by atoms with Gasteiger partial charge in [0.15, 0.2) is 5.82 Å². The monoisotopic (exact) mass is 346 g/mol. The third-order valence-electron chi connectivity index (χ3n) is 4.27. The number of hydrogen-bond acceptors (Lipinski definition) is 5. The number of hydrogen-bond donors (Lipinski definition) is 2. The van der Waals surface area contributed by atoms with Crippen LogP contribution in [0.3, 0.4) is 0 Å². The molecule has 0 saturated carbocycles. The number of fused-ring (bicyclic) bond motifs is 1. The van der Waals surface area contributed by atoms with Crippen LogP contribution in [-0.4, -0.2) is 35.2 Å². The van der Waals surface area contributed by atoms with Crippen LogP contribution in [0.1, 0.15) is 23.9 Å². The summed E-state index contributed by atoms with van der Waals surface area (Å²) < 4.78 is 3.38. The van der Waals surface area contributed by atoms with E-state index in [0.717, 1.165) is 33.7 Å². The van der Waals surface area contributed by atoms with Crippen molar-refractivity contribution in [3.8, 4) is 22.8 Å². The molecule has 7 nitrogen and oxygen atoms in total. The van der Waals surface area contributed by atoms with E-state index in [9.17, 15) is 5.11 Å². The zero-order chi connectivity index (χ0) is 18.4. The maximum atomic E-state index is 9.62. The number of nitrogens with zero attached hydrogens (tertiary/aromatic N) is 5. The predicted molar refractivity (Wildman–Crippen MR) is 99.2 cm³/mol. The van der Waals surface area contributed by atoms with Crippen LogP contribution >= 0.6 is 0 Å². The number of nitrogens with one attached hydrogen (secondary N) is 1. The Hall–Kier alpha value is -3.48. The summed E-state index contributed by atoms with van der Waals surface area (Å²) in [6.45, 7) is 5.64. The van der Waals surface area contributed by atoms with Crippen molar-refractivity contribution in [1.29, 1.82) is 5.41 Å². The SMILES string of the molecule is CC(=N)c1ccc(-c2cnn3cc(O)ccc23)nc1-n1nc(C)cc1C. The molecule has 0 amide bonds. The molecule has 0 aliphatic carbocycles. The predicted octanol–water partition coefficient (Wildman–Crippen LogP) is 3.29. The van der Waals surface area contributed by atoms with Crippen molar-refractivity contribution in [3.63, 3.8) is 0 Å². The Bertz CT molecular complexity index is 1150. The fourth-order valence-corrected chi connectivity index (χ4v) is 3.07. The lowest BCUT2D eigenvalue weighted by Gasteiger charge is -2.11. The van der Waals surface area contributed by atoms with Gasteiger partial charge in [-0.2, -0.15) is 10.2 Å². The Morgan fingerprint density at radius 2 is 1.96 bits per heavy atom. The Morgan fingerprint density at radius 1 is 1.15 bits per heavy atom. The topological polar surface area (TPSA) is 92.1 Å². The average Bonchev–Trinajstić information content (AvgIpc) is 3.16. The molecular formula is C19H18N6O. The van der Waals surface area contributed by atoms with Crippen molar-refractivity contribution in [1.82, 2.24) is 24.4 Å².